The Morgan fingerprint density at radius 1 is 0.824 bits per heavy atom. The van der Waals surface area contributed by atoms with E-state index in [1.54, 1.807) is 31.5 Å². The number of para-hydroxylation sites is 1. The molecule has 6 rings (SSSR count). The molecule has 0 radical (unpaired) electrons. The molecule has 2 N–H and O–H groups in total. The van der Waals surface area contributed by atoms with Gasteiger partial charge in [-0.25, -0.2) is 10.4 Å². The van der Waals surface area contributed by atoms with Gasteiger partial charge >= 0.3 is 0 Å². The van der Waals surface area contributed by atoms with E-state index in [1.807, 2.05) is 109 Å². The summed E-state index contributed by atoms with van der Waals surface area (Å²) in [5, 5.41) is 10.2. The normalized spacial score (nSPS) is 10.9. The molecule has 9 nitrogen and oxygen atoms in total. The van der Waals surface area contributed by atoms with Crippen LogP contribution in [0.25, 0.3) is 11.3 Å². The van der Waals surface area contributed by atoms with E-state index < -0.39 is 0 Å². The van der Waals surface area contributed by atoms with Crippen molar-refractivity contribution in [1.29, 1.82) is 0 Å². The molecule has 6 aromatic rings. The zero-order chi connectivity index (χ0) is 35.4. The minimum absolute atomic E-state index is 0.268. The first-order valence-corrected chi connectivity index (χ1v) is 17.8. The highest BCUT2D eigenvalue weighted by Gasteiger charge is 2.14. The molecular weight excluding hydrogens is 728 g/mol. The fraction of sp³-hybridized carbons (Fsp3) is 0.125. The number of thiazole rings is 1. The predicted octanol–water partition coefficient (Wildman–Crippen LogP) is 9.65. The number of anilines is 2. The van der Waals surface area contributed by atoms with Gasteiger partial charge in [-0.05, 0) is 88.1 Å². The standard InChI is InChI=1S/C40H35BrN4O5S/c1-3-48-36-21-28(14-19-35(36)49-24-27-10-6-4-7-11-27)25-50-38-33(41)20-29(22-37(38)47-2)23-42-45-39(46)31-17-15-30(16-18-31)34-26-51-40(44-34)43-32-12-8-5-9-13-32/h4-23,26H,3,24-25H2,1-2H3,(H,43,44)(H,45,46)/b42-23+. The number of nitrogens with zero attached hydrogens (tertiary/aromatic N) is 2. The Morgan fingerprint density at radius 3 is 2.31 bits per heavy atom. The summed E-state index contributed by atoms with van der Waals surface area (Å²) in [5.74, 6) is 2.01. The highest BCUT2D eigenvalue weighted by molar-refractivity contribution is 9.10. The molecule has 0 bridgehead atoms. The number of halogens is 1. The Morgan fingerprint density at radius 2 is 1.57 bits per heavy atom. The maximum absolute atomic E-state index is 12.8. The molecule has 5 aromatic carbocycles. The zero-order valence-electron chi connectivity index (χ0n) is 28.0. The summed E-state index contributed by atoms with van der Waals surface area (Å²) in [7, 11) is 1.57. The summed E-state index contributed by atoms with van der Waals surface area (Å²) < 4.78 is 24.4. The number of aromatic nitrogens is 1. The fourth-order valence-corrected chi connectivity index (χ4v) is 6.32. The Bertz CT molecular complexity index is 2090. The number of methoxy groups -OCH3 is 1. The summed E-state index contributed by atoms with van der Waals surface area (Å²) in [6.07, 6.45) is 1.54. The maximum Gasteiger partial charge on any atom is 0.271 e. The average Bonchev–Trinajstić information content (AvgIpc) is 3.63. The maximum atomic E-state index is 12.8. The number of hydrazone groups is 1. The first-order valence-electron chi connectivity index (χ1n) is 16.1. The van der Waals surface area contributed by atoms with Gasteiger partial charge in [0.15, 0.2) is 28.1 Å². The molecule has 0 spiro atoms. The largest absolute Gasteiger partial charge is 0.493 e. The molecular formula is C40H35BrN4O5S. The van der Waals surface area contributed by atoms with Crippen LogP contribution in [-0.2, 0) is 13.2 Å². The summed E-state index contributed by atoms with van der Waals surface area (Å²) >= 11 is 5.12. The van der Waals surface area contributed by atoms with Crippen LogP contribution in [0, 0.1) is 0 Å². The highest BCUT2D eigenvalue weighted by Crippen LogP contribution is 2.38. The number of rotatable bonds is 15. The summed E-state index contributed by atoms with van der Waals surface area (Å²) in [6, 6.07) is 36.5. The van der Waals surface area contributed by atoms with Gasteiger partial charge < -0.3 is 24.3 Å². The van der Waals surface area contributed by atoms with E-state index in [2.05, 4.69) is 36.8 Å². The van der Waals surface area contributed by atoms with Crippen LogP contribution < -0.4 is 29.7 Å². The van der Waals surface area contributed by atoms with Crippen LogP contribution >= 0.6 is 27.3 Å². The van der Waals surface area contributed by atoms with Gasteiger partial charge in [-0.15, -0.1) is 11.3 Å². The van der Waals surface area contributed by atoms with Crippen LogP contribution in [0.4, 0.5) is 10.8 Å². The monoisotopic (exact) mass is 762 g/mol. The number of nitrogens with one attached hydrogen (secondary N) is 2. The second kappa shape index (κ2) is 17.3. The number of carbonyl (C=O) groups excluding carboxylic acids is 1. The molecule has 0 aliphatic rings. The van der Waals surface area contributed by atoms with Crippen molar-refractivity contribution in [2.75, 3.05) is 19.0 Å². The molecule has 0 atom stereocenters. The second-order valence-corrected chi connectivity index (χ2v) is 12.8. The molecule has 1 heterocycles. The first kappa shape index (κ1) is 35.2. The van der Waals surface area contributed by atoms with E-state index in [1.165, 1.54) is 11.3 Å². The van der Waals surface area contributed by atoms with Crippen molar-refractivity contribution >= 4 is 50.2 Å². The number of ether oxygens (including phenoxy) is 4. The van der Waals surface area contributed by atoms with E-state index in [4.69, 9.17) is 18.9 Å². The van der Waals surface area contributed by atoms with Crippen molar-refractivity contribution in [2.45, 2.75) is 20.1 Å². The lowest BCUT2D eigenvalue weighted by Gasteiger charge is -2.16. The van der Waals surface area contributed by atoms with Crippen molar-refractivity contribution in [3.63, 3.8) is 0 Å². The second-order valence-electron chi connectivity index (χ2n) is 11.1. The number of hydrogen-bond donors (Lipinski definition) is 2. The van der Waals surface area contributed by atoms with Gasteiger partial charge in [0, 0.05) is 22.2 Å². The van der Waals surface area contributed by atoms with E-state index in [-0.39, 0.29) is 12.5 Å². The number of carbonyl (C=O) groups is 1. The third kappa shape index (κ3) is 9.53. The van der Waals surface area contributed by atoms with Crippen LogP contribution in [0.15, 0.2) is 130 Å². The van der Waals surface area contributed by atoms with Gasteiger partial charge in [0.2, 0.25) is 0 Å². The van der Waals surface area contributed by atoms with Crippen molar-refractivity contribution in [2.24, 2.45) is 5.10 Å². The third-order valence-corrected chi connectivity index (χ3v) is 8.88. The lowest BCUT2D eigenvalue weighted by molar-refractivity contribution is 0.0955. The Kier molecular flexibility index (Phi) is 12.0. The van der Waals surface area contributed by atoms with Crippen LogP contribution in [0.3, 0.4) is 0 Å². The minimum atomic E-state index is -0.337. The van der Waals surface area contributed by atoms with Crippen LogP contribution in [0.5, 0.6) is 23.0 Å². The fourth-order valence-electron chi connectivity index (χ4n) is 5.01. The smallest absolute Gasteiger partial charge is 0.271 e. The third-order valence-electron chi connectivity index (χ3n) is 7.53. The van der Waals surface area contributed by atoms with Gasteiger partial charge in [0.1, 0.15) is 13.2 Å². The number of hydrogen-bond acceptors (Lipinski definition) is 9. The van der Waals surface area contributed by atoms with Crippen LogP contribution in [-0.4, -0.2) is 30.8 Å². The number of benzene rings is 5. The molecule has 1 amide bonds. The topological polar surface area (TPSA) is 103 Å². The van der Waals surface area contributed by atoms with Crippen LogP contribution in [0.1, 0.15) is 34.0 Å². The summed E-state index contributed by atoms with van der Waals surface area (Å²) in [6.45, 7) is 3.15. The molecule has 11 heteroatoms. The lowest BCUT2D eigenvalue weighted by Crippen LogP contribution is -2.17. The van der Waals surface area contributed by atoms with Gasteiger partial charge in [-0.2, -0.15) is 5.10 Å². The Labute approximate surface area is 309 Å². The SMILES string of the molecule is CCOc1cc(COc2c(Br)cc(/C=N/NC(=O)c3ccc(-c4csc(Nc5ccccc5)n4)cc3)cc2OC)ccc1OCc1ccccc1. The molecule has 0 fully saturated rings. The van der Waals surface area contributed by atoms with Gasteiger partial charge in [-0.1, -0.05) is 66.7 Å². The van der Waals surface area contributed by atoms with Crippen molar-refractivity contribution in [3.8, 4) is 34.3 Å². The number of amides is 1. The van der Waals surface area contributed by atoms with E-state index in [0.29, 0.717) is 51.8 Å². The molecule has 51 heavy (non-hydrogen) atoms. The lowest BCUT2D eigenvalue weighted by atomic mass is 10.1. The van der Waals surface area contributed by atoms with Crippen molar-refractivity contribution < 1.29 is 23.7 Å². The first-order chi connectivity index (χ1) is 25.0. The van der Waals surface area contributed by atoms with E-state index in [0.717, 1.165) is 33.2 Å². The molecule has 0 aliphatic heterocycles. The molecule has 0 saturated carbocycles. The molecule has 1 aromatic heterocycles. The minimum Gasteiger partial charge on any atom is -0.493 e. The predicted molar refractivity (Wildman–Crippen MR) is 206 cm³/mol. The Hall–Kier alpha value is -5.65. The van der Waals surface area contributed by atoms with E-state index >= 15 is 0 Å². The summed E-state index contributed by atoms with van der Waals surface area (Å²) in [5.41, 5.74) is 8.44. The molecule has 0 unspecified atom stereocenters. The van der Waals surface area contributed by atoms with Gasteiger partial charge in [-0.3, -0.25) is 4.79 Å². The van der Waals surface area contributed by atoms with E-state index in [9.17, 15) is 4.79 Å². The van der Waals surface area contributed by atoms with Gasteiger partial charge in [0.25, 0.3) is 5.91 Å². The quantitative estimate of drug-likeness (QED) is 0.0794. The zero-order valence-corrected chi connectivity index (χ0v) is 30.4. The average molecular weight is 764 g/mol. The molecule has 0 saturated heterocycles. The molecule has 258 valence electrons. The van der Waals surface area contributed by atoms with Gasteiger partial charge in [0.05, 0.1) is 30.1 Å². The van der Waals surface area contributed by atoms with Crippen molar-refractivity contribution in [3.05, 3.63) is 147 Å². The highest BCUT2D eigenvalue weighted by atomic mass is 79.9. The van der Waals surface area contributed by atoms with Crippen LogP contribution in [0.2, 0.25) is 0 Å². The summed E-state index contributed by atoms with van der Waals surface area (Å²) in [4.78, 5) is 17.5. The Balaban J connectivity index is 1.04. The molecule has 0 aliphatic carbocycles. The van der Waals surface area contributed by atoms with Crippen molar-refractivity contribution in [1.82, 2.24) is 10.4 Å².